The first-order valence-electron chi connectivity index (χ1n) is 4.22. The highest BCUT2D eigenvalue weighted by atomic mass is 15.1. The Balaban J connectivity index is 3.25. The molecule has 68 valence electrons. The lowest BCUT2D eigenvalue weighted by Gasteiger charge is -2.17. The topological polar surface area (TPSA) is 76.1 Å². The maximum atomic E-state index is 5.35. The zero-order valence-corrected chi connectivity index (χ0v) is 7.27. The molecule has 0 aromatic carbocycles. The van der Waals surface area contributed by atoms with Crippen LogP contribution in [0.15, 0.2) is 0 Å². The molecule has 0 heterocycles. The van der Waals surface area contributed by atoms with Gasteiger partial charge >= 0.3 is 0 Å². The Hall–Kier alpha value is -0.160. The van der Waals surface area contributed by atoms with Crippen molar-refractivity contribution in [2.45, 2.75) is 19.5 Å². The van der Waals surface area contributed by atoms with Gasteiger partial charge in [-0.3, -0.25) is 0 Å². The molecule has 4 nitrogen and oxygen atoms in total. The molecule has 0 unspecified atom stereocenters. The lowest BCUT2D eigenvalue weighted by molar-refractivity contribution is 0.423. The Bertz CT molecular complexity index is 68.8. The molecule has 0 aliphatic rings. The van der Waals surface area contributed by atoms with Crippen LogP contribution in [0.5, 0.6) is 0 Å². The smallest absolute Gasteiger partial charge is 0.0569 e. The van der Waals surface area contributed by atoms with Gasteiger partial charge in [0.15, 0.2) is 0 Å². The van der Waals surface area contributed by atoms with Crippen molar-refractivity contribution in [2.75, 3.05) is 26.2 Å². The Morgan fingerprint density at radius 3 is 1.82 bits per heavy atom. The third-order valence-corrected chi connectivity index (χ3v) is 1.48. The van der Waals surface area contributed by atoms with Crippen LogP contribution in [0.4, 0.5) is 0 Å². The molecule has 0 atom stereocenters. The summed E-state index contributed by atoms with van der Waals surface area (Å²) in [5, 5.41) is 6.52. The Morgan fingerprint density at radius 1 is 1.09 bits per heavy atom. The van der Waals surface area contributed by atoms with Crippen LogP contribution < -0.4 is 22.1 Å². The van der Waals surface area contributed by atoms with Crippen molar-refractivity contribution in [2.24, 2.45) is 11.5 Å². The van der Waals surface area contributed by atoms with Gasteiger partial charge in [-0.05, 0) is 6.42 Å². The Kier molecular flexibility index (Phi) is 7.83. The highest BCUT2D eigenvalue weighted by Gasteiger charge is 2.00. The van der Waals surface area contributed by atoms with Crippen molar-refractivity contribution < 1.29 is 0 Å². The molecule has 0 aliphatic heterocycles. The SMILES string of the molecule is CCC(NCCN)NCCN. The third-order valence-electron chi connectivity index (χ3n) is 1.48. The molecule has 0 rings (SSSR count). The molecular formula is C7H20N4. The summed E-state index contributed by atoms with van der Waals surface area (Å²) in [6.07, 6.45) is 1.42. The van der Waals surface area contributed by atoms with Gasteiger partial charge < -0.3 is 22.1 Å². The zero-order valence-electron chi connectivity index (χ0n) is 7.27. The van der Waals surface area contributed by atoms with Gasteiger partial charge in [0.25, 0.3) is 0 Å². The van der Waals surface area contributed by atoms with Crippen LogP contribution >= 0.6 is 0 Å². The van der Waals surface area contributed by atoms with Crippen LogP contribution in [-0.2, 0) is 0 Å². The van der Waals surface area contributed by atoms with Crippen molar-refractivity contribution in [3.05, 3.63) is 0 Å². The van der Waals surface area contributed by atoms with Crippen molar-refractivity contribution >= 4 is 0 Å². The summed E-state index contributed by atoms with van der Waals surface area (Å²) in [5.41, 5.74) is 10.7. The fraction of sp³-hybridized carbons (Fsp3) is 1.00. The maximum absolute atomic E-state index is 5.35. The van der Waals surface area contributed by atoms with E-state index in [4.69, 9.17) is 11.5 Å². The van der Waals surface area contributed by atoms with E-state index in [0.717, 1.165) is 19.5 Å². The minimum Gasteiger partial charge on any atom is -0.329 e. The van der Waals surface area contributed by atoms with E-state index in [1.165, 1.54) is 0 Å². The second-order valence-corrected chi connectivity index (χ2v) is 2.45. The third kappa shape index (κ3) is 6.25. The monoisotopic (exact) mass is 160 g/mol. The van der Waals surface area contributed by atoms with Crippen LogP contribution in [0.2, 0.25) is 0 Å². The molecule has 0 aliphatic carbocycles. The van der Waals surface area contributed by atoms with Gasteiger partial charge in [0, 0.05) is 26.2 Å². The van der Waals surface area contributed by atoms with E-state index in [-0.39, 0.29) is 0 Å². The standard InChI is InChI=1S/C7H20N4/c1-2-7(10-5-3-8)11-6-4-9/h7,10-11H,2-6,8-9H2,1H3. The van der Waals surface area contributed by atoms with Crippen LogP contribution in [0.25, 0.3) is 0 Å². The first-order chi connectivity index (χ1) is 5.35. The van der Waals surface area contributed by atoms with Crippen molar-refractivity contribution in [1.29, 1.82) is 0 Å². The average molecular weight is 160 g/mol. The first kappa shape index (κ1) is 10.8. The molecule has 0 bridgehead atoms. The van der Waals surface area contributed by atoms with E-state index in [2.05, 4.69) is 17.6 Å². The summed E-state index contributed by atoms with van der Waals surface area (Å²) < 4.78 is 0. The summed E-state index contributed by atoms with van der Waals surface area (Å²) in [6.45, 7) is 5.20. The number of hydrogen-bond donors (Lipinski definition) is 4. The van der Waals surface area contributed by atoms with Gasteiger partial charge in [-0.1, -0.05) is 6.92 Å². The number of rotatable bonds is 7. The normalized spacial score (nSPS) is 10.9. The van der Waals surface area contributed by atoms with Crippen LogP contribution in [-0.4, -0.2) is 32.3 Å². The number of nitrogens with two attached hydrogens (primary N) is 2. The minimum absolute atomic E-state index is 0.363. The van der Waals surface area contributed by atoms with Crippen LogP contribution in [0.1, 0.15) is 13.3 Å². The lowest BCUT2D eigenvalue weighted by Crippen LogP contribution is -2.45. The molecule has 0 saturated heterocycles. The second kappa shape index (κ2) is 7.94. The molecule has 11 heavy (non-hydrogen) atoms. The molecule has 0 aromatic heterocycles. The summed E-state index contributed by atoms with van der Waals surface area (Å²) in [7, 11) is 0. The summed E-state index contributed by atoms with van der Waals surface area (Å²) >= 11 is 0. The van der Waals surface area contributed by atoms with E-state index in [9.17, 15) is 0 Å². The van der Waals surface area contributed by atoms with E-state index in [1.54, 1.807) is 0 Å². The number of nitrogens with one attached hydrogen (secondary N) is 2. The minimum atomic E-state index is 0.363. The predicted molar refractivity (Wildman–Crippen MR) is 48.2 cm³/mol. The average Bonchev–Trinajstić information content (AvgIpc) is 2.05. The van der Waals surface area contributed by atoms with Crippen molar-refractivity contribution in [3.8, 4) is 0 Å². The van der Waals surface area contributed by atoms with Gasteiger partial charge in [-0.15, -0.1) is 0 Å². The molecule has 4 heteroatoms. The van der Waals surface area contributed by atoms with Gasteiger partial charge in [-0.2, -0.15) is 0 Å². The van der Waals surface area contributed by atoms with Gasteiger partial charge in [0.05, 0.1) is 6.17 Å². The first-order valence-corrected chi connectivity index (χ1v) is 4.22. The molecular weight excluding hydrogens is 140 g/mol. The predicted octanol–water partition coefficient (Wildman–Crippen LogP) is -1.18. The maximum Gasteiger partial charge on any atom is 0.0569 e. The molecule has 0 fully saturated rings. The van der Waals surface area contributed by atoms with Gasteiger partial charge in [0.1, 0.15) is 0 Å². The summed E-state index contributed by atoms with van der Waals surface area (Å²) in [4.78, 5) is 0. The van der Waals surface area contributed by atoms with Crippen molar-refractivity contribution in [1.82, 2.24) is 10.6 Å². The molecule has 0 radical (unpaired) electrons. The highest BCUT2D eigenvalue weighted by Crippen LogP contribution is 1.82. The van der Waals surface area contributed by atoms with Crippen LogP contribution in [0, 0.1) is 0 Å². The fourth-order valence-corrected chi connectivity index (χ4v) is 0.876. The molecule has 6 N–H and O–H groups in total. The zero-order chi connectivity index (χ0) is 8.53. The van der Waals surface area contributed by atoms with Crippen molar-refractivity contribution in [3.63, 3.8) is 0 Å². The van der Waals surface area contributed by atoms with E-state index < -0.39 is 0 Å². The highest BCUT2D eigenvalue weighted by molar-refractivity contribution is 4.62. The fourth-order valence-electron chi connectivity index (χ4n) is 0.876. The van der Waals surface area contributed by atoms with E-state index in [1.807, 2.05) is 0 Å². The second-order valence-electron chi connectivity index (χ2n) is 2.45. The molecule has 0 aromatic rings. The Labute approximate surface area is 68.7 Å². The van der Waals surface area contributed by atoms with E-state index >= 15 is 0 Å². The largest absolute Gasteiger partial charge is 0.329 e. The molecule has 0 amide bonds. The summed E-state index contributed by atoms with van der Waals surface area (Å²) in [5.74, 6) is 0. The summed E-state index contributed by atoms with van der Waals surface area (Å²) in [6, 6.07) is 0. The van der Waals surface area contributed by atoms with Crippen LogP contribution in [0.3, 0.4) is 0 Å². The lowest BCUT2D eigenvalue weighted by atomic mass is 10.3. The molecule has 0 spiro atoms. The Morgan fingerprint density at radius 2 is 1.55 bits per heavy atom. The molecule has 0 saturated carbocycles. The van der Waals surface area contributed by atoms with E-state index in [0.29, 0.717) is 19.3 Å². The van der Waals surface area contributed by atoms with Gasteiger partial charge in [0.2, 0.25) is 0 Å². The number of hydrogen-bond acceptors (Lipinski definition) is 4. The quantitative estimate of drug-likeness (QED) is 0.354. The van der Waals surface area contributed by atoms with Gasteiger partial charge in [-0.25, -0.2) is 0 Å².